The van der Waals surface area contributed by atoms with Crippen LogP contribution >= 0.6 is 11.3 Å². The van der Waals surface area contributed by atoms with Gasteiger partial charge < -0.3 is 20.1 Å². The van der Waals surface area contributed by atoms with E-state index in [1.165, 1.54) is 11.3 Å². The first kappa shape index (κ1) is 22.7. The average Bonchev–Trinajstić information content (AvgIpc) is 3.07. The first-order valence-corrected chi connectivity index (χ1v) is 10.5. The van der Waals surface area contributed by atoms with Crippen molar-refractivity contribution in [1.29, 1.82) is 0 Å². The van der Waals surface area contributed by atoms with E-state index in [-0.39, 0.29) is 18.1 Å². The number of ether oxygens (including phenoxy) is 2. The number of aliphatic imine (C=N–C) groups is 1. The monoisotopic (exact) mass is 418 g/mol. The second-order valence-electron chi connectivity index (χ2n) is 6.79. The number of nitrogens with one attached hydrogen (secondary N) is 2. The zero-order valence-electron chi connectivity index (χ0n) is 17.9. The van der Waals surface area contributed by atoms with E-state index in [0.717, 1.165) is 16.3 Å². The topological polar surface area (TPSA) is 84.8 Å². The third-order valence-corrected chi connectivity index (χ3v) is 5.27. The fourth-order valence-electron chi connectivity index (χ4n) is 2.64. The predicted molar refractivity (Wildman–Crippen MR) is 117 cm³/mol. The van der Waals surface area contributed by atoms with Gasteiger partial charge in [-0.3, -0.25) is 4.99 Å². The second kappa shape index (κ2) is 10.8. The third kappa shape index (κ3) is 6.74. The van der Waals surface area contributed by atoms with Gasteiger partial charge in [0.25, 0.3) is 0 Å². The van der Waals surface area contributed by atoms with Crippen LogP contribution in [0.4, 0.5) is 0 Å². The van der Waals surface area contributed by atoms with Crippen LogP contribution in [-0.4, -0.2) is 36.7 Å². The molecule has 0 fully saturated rings. The minimum atomic E-state index is -0.327. The molecule has 1 aromatic carbocycles. The van der Waals surface area contributed by atoms with Gasteiger partial charge >= 0.3 is 5.97 Å². The summed E-state index contributed by atoms with van der Waals surface area (Å²) in [6.07, 6.45) is 0.134. The number of carbonyl (C=O) groups is 1. The number of esters is 1. The van der Waals surface area contributed by atoms with Crippen LogP contribution in [-0.2, 0) is 11.3 Å². The van der Waals surface area contributed by atoms with Gasteiger partial charge in [0.1, 0.15) is 15.6 Å². The number of aromatic nitrogens is 1. The molecule has 158 valence electrons. The lowest BCUT2D eigenvalue weighted by Crippen LogP contribution is -2.38. The van der Waals surface area contributed by atoms with E-state index in [1.54, 1.807) is 14.0 Å². The molecule has 1 atom stereocenters. The normalized spacial score (nSPS) is 12.6. The highest BCUT2D eigenvalue weighted by molar-refractivity contribution is 7.13. The molecule has 0 radical (unpaired) electrons. The van der Waals surface area contributed by atoms with Gasteiger partial charge in [0.15, 0.2) is 5.96 Å². The zero-order chi connectivity index (χ0) is 21.4. The van der Waals surface area contributed by atoms with Gasteiger partial charge in [-0.05, 0) is 52.3 Å². The van der Waals surface area contributed by atoms with Gasteiger partial charge in [-0.15, -0.1) is 11.3 Å². The maximum Gasteiger partial charge on any atom is 0.350 e. The van der Waals surface area contributed by atoms with Crippen LogP contribution in [0.5, 0.6) is 5.75 Å². The Labute approximate surface area is 176 Å². The molecule has 2 rings (SSSR count). The Morgan fingerprint density at radius 3 is 2.72 bits per heavy atom. The molecule has 0 aliphatic heterocycles. The molecule has 0 aliphatic carbocycles. The Morgan fingerprint density at radius 1 is 1.31 bits per heavy atom. The highest BCUT2D eigenvalue weighted by Crippen LogP contribution is 2.24. The van der Waals surface area contributed by atoms with Crippen LogP contribution in [0, 0.1) is 6.92 Å². The van der Waals surface area contributed by atoms with Crippen LogP contribution in [0.2, 0.25) is 0 Å². The molecule has 0 spiro atoms. The fourth-order valence-corrected chi connectivity index (χ4v) is 3.60. The lowest BCUT2D eigenvalue weighted by molar-refractivity contribution is 0.0531. The van der Waals surface area contributed by atoms with Crippen LogP contribution in [0.15, 0.2) is 29.3 Å². The summed E-state index contributed by atoms with van der Waals surface area (Å²) in [4.78, 5) is 21.4. The van der Waals surface area contributed by atoms with Gasteiger partial charge in [-0.2, -0.15) is 0 Å². The van der Waals surface area contributed by atoms with E-state index in [9.17, 15) is 4.79 Å². The molecule has 0 saturated heterocycles. The minimum Gasteiger partial charge on any atom is -0.491 e. The van der Waals surface area contributed by atoms with Crippen LogP contribution < -0.4 is 15.4 Å². The number of thiazole rings is 1. The Hall–Kier alpha value is -2.61. The van der Waals surface area contributed by atoms with E-state index >= 15 is 0 Å². The van der Waals surface area contributed by atoms with Crippen molar-refractivity contribution in [2.24, 2.45) is 4.99 Å². The van der Waals surface area contributed by atoms with Crippen molar-refractivity contribution in [3.05, 3.63) is 45.4 Å². The van der Waals surface area contributed by atoms with Crippen molar-refractivity contribution < 1.29 is 14.3 Å². The maximum atomic E-state index is 12.0. The Morgan fingerprint density at radius 2 is 2.07 bits per heavy atom. The van der Waals surface area contributed by atoms with Crippen molar-refractivity contribution >= 4 is 23.3 Å². The number of hydrogen-bond acceptors (Lipinski definition) is 6. The summed E-state index contributed by atoms with van der Waals surface area (Å²) in [5.74, 6) is 1.17. The largest absolute Gasteiger partial charge is 0.491 e. The molecule has 2 N–H and O–H groups in total. The molecule has 29 heavy (non-hydrogen) atoms. The number of benzene rings is 1. The van der Waals surface area contributed by atoms with Crippen LogP contribution in [0.25, 0.3) is 0 Å². The van der Waals surface area contributed by atoms with Gasteiger partial charge in [0.05, 0.1) is 24.4 Å². The minimum absolute atomic E-state index is 0.108. The number of rotatable bonds is 8. The maximum absolute atomic E-state index is 12.0. The molecule has 0 aliphatic rings. The fraction of sp³-hybridized carbons (Fsp3) is 0.476. The summed E-state index contributed by atoms with van der Waals surface area (Å²) < 4.78 is 10.8. The standard InChI is InChI=1S/C21H30N4O3S/c1-7-27-20(26)18-14(4)24-19(29-18)15(5)25-21(22-6)23-12-16-9-8-10-17(11-16)28-13(2)3/h8-11,13,15H,7,12H2,1-6H3,(H2,22,23,25). The van der Waals surface area contributed by atoms with Crippen molar-refractivity contribution in [3.63, 3.8) is 0 Å². The number of nitrogens with zero attached hydrogens (tertiary/aromatic N) is 2. The second-order valence-corrected chi connectivity index (χ2v) is 7.82. The molecule has 0 amide bonds. The van der Waals surface area contributed by atoms with Gasteiger partial charge in [0.2, 0.25) is 0 Å². The van der Waals surface area contributed by atoms with Crippen molar-refractivity contribution in [2.45, 2.75) is 53.3 Å². The van der Waals surface area contributed by atoms with E-state index in [4.69, 9.17) is 9.47 Å². The molecular formula is C21H30N4O3S. The first-order valence-electron chi connectivity index (χ1n) is 9.71. The molecule has 2 aromatic rings. The van der Waals surface area contributed by atoms with E-state index in [0.29, 0.717) is 29.7 Å². The lowest BCUT2D eigenvalue weighted by atomic mass is 10.2. The predicted octanol–water partition coefficient (Wildman–Crippen LogP) is 3.84. The summed E-state index contributed by atoms with van der Waals surface area (Å²) in [6.45, 7) is 10.6. The Kier molecular flexibility index (Phi) is 8.45. The molecule has 7 nitrogen and oxygen atoms in total. The number of carbonyl (C=O) groups excluding carboxylic acids is 1. The van der Waals surface area contributed by atoms with Crippen molar-refractivity contribution in [1.82, 2.24) is 15.6 Å². The highest BCUT2D eigenvalue weighted by atomic mass is 32.1. The third-order valence-electron chi connectivity index (χ3n) is 3.95. The van der Waals surface area contributed by atoms with E-state index < -0.39 is 0 Å². The van der Waals surface area contributed by atoms with E-state index in [2.05, 4.69) is 20.6 Å². The molecular weight excluding hydrogens is 388 g/mol. The van der Waals surface area contributed by atoms with Gasteiger partial charge in [-0.25, -0.2) is 9.78 Å². The summed E-state index contributed by atoms with van der Waals surface area (Å²) in [5.41, 5.74) is 1.77. The van der Waals surface area contributed by atoms with Gasteiger partial charge in [0, 0.05) is 13.6 Å². The number of aryl methyl sites for hydroxylation is 1. The quantitative estimate of drug-likeness (QED) is 0.385. The number of guanidine groups is 1. The zero-order valence-corrected chi connectivity index (χ0v) is 18.7. The Balaban J connectivity index is 1.98. The van der Waals surface area contributed by atoms with Crippen LogP contribution in [0.1, 0.15) is 59.7 Å². The molecule has 1 aromatic heterocycles. The first-order chi connectivity index (χ1) is 13.8. The molecule has 0 bridgehead atoms. The summed E-state index contributed by atoms with van der Waals surface area (Å²) in [6, 6.07) is 7.86. The highest BCUT2D eigenvalue weighted by Gasteiger charge is 2.20. The lowest BCUT2D eigenvalue weighted by Gasteiger charge is -2.17. The summed E-state index contributed by atoms with van der Waals surface area (Å²) in [5, 5.41) is 7.42. The van der Waals surface area contributed by atoms with Crippen LogP contribution in [0.3, 0.4) is 0 Å². The summed E-state index contributed by atoms with van der Waals surface area (Å²) >= 11 is 1.34. The van der Waals surface area contributed by atoms with Crippen molar-refractivity contribution in [2.75, 3.05) is 13.7 Å². The average molecular weight is 419 g/mol. The SMILES string of the molecule is CCOC(=O)c1sc(C(C)NC(=NC)NCc2cccc(OC(C)C)c2)nc1C. The smallest absolute Gasteiger partial charge is 0.350 e. The molecule has 0 saturated carbocycles. The molecule has 1 unspecified atom stereocenters. The summed E-state index contributed by atoms with van der Waals surface area (Å²) in [7, 11) is 1.72. The Bertz CT molecular complexity index is 848. The number of hydrogen-bond donors (Lipinski definition) is 2. The molecule has 8 heteroatoms. The van der Waals surface area contributed by atoms with Gasteiger partial charge in [-0.1, -0.05) is 12.1 Å². The van der Waals surface area contributed by atoms with E-state index in [1.807, 2.05) is 52.0 Å². The van der Waals surface area contributed by atoms with Crippen molar-refractivity contribution in [3.8, 4) is 5.75 Å². The molecule has 1 heterocycles.